The topological polar surface area (TPSA) is 74.8 Å². The van der Waals surface area contributed by atoms with Crippen LogP contribution in [0.1, 0.15) is 29.1 Å². The van der Waals surface area contributed by atoms with Crippen molar-refractivity contribution in [3.8, 4) is 0 Å². The first-order valence-corrected chi connectivity index (χ1v) is 9.11. The third-order valence-corrected chi connectivity index (χ3v) is 5.60. The van der Waals surface area contributed by atoms with Crippen LogP contribution in [0.4, 0.5) is 14.5 Å². The van der Waals surface area contributed by atoms with E-state index in [0.717, 1.165) is 41.8 Å². The number of aryl methyl sites for hydroxylation is 3. The van der Waals surface area contributed by atoms with Crippen LogP contribution in [-0.4, -0.2) is 15.9 Å². The van der Waals surface area contributed by atoms with Gasteiger partial charge in [-0.05, 0) is 37.0 Å². The van der Waals surface area contributed by atoms with Gasteiger partial charge in [-0.2, -0.15) is 0 Å². The Kier molecular flexibility index (Phi) is 4.28. The van der Waals surface area contributed by atoms with Crippen LogP contribution in [0.25, 0.3) is 10.2 Å². The molecule has 2 N–H and O–H groups in total. The zero-order valence-electron chi connectivity index (χ0n) is 13.7. The van der Waals surface area contributed by atoms with Crippen molar-refractivity contribution in [1.82, 2.24) is 9.97 Å². The van der Waals surface area contributed by atoms with E-state index in [1.165, 1.54) is 10.9 Å². The Bertz CT molecular complexity index is 1070. The standard InChI is InChI=1S/C18H15F2N3O2S/c19-11-5-4-9(8-12(11)20)21-15(24)7-6-14-22-17(25)16-10-2-1-3-13(10)26-18(16)23-14/h4-5,8H,1-3,6-7H2,(H,21,24)(H,22,23,25). The van der Waals surface area contributed by atoms with Gasteiger partial charge in [-0.1, -0.05) is 0 Å². The van der Waals surface area contributed by atoms with Crippen molar-refractivity contribution in [3.05, 3.63) is 56.5 Å². The van der Waals surface area contributed by atoms with E-state index in [0.29, 0.717) is 11.2 Å². The Morgan fingerprint density at radius 2 is 2.12 bits per heavy atom. The quantitative estimate of drug-likeness (QED) is 0.735. The number of carbonyl (C=O) groups excluding carboxylic acids is 1. The number of halogens is 2. The van der Waals surface area contributed by atoms with Gasteiger partial charge in [0.25, 0.3) is 5.56 Å². The molecule has 26 heavy (non-hydrogen) atoms. The number of H-pyrrole nitrogens is 1. The monoisotopic (exact) mass is 375 g/mol. The van der Waals surface area contributed by atoms with E-state index < -0.39 is 11.6 Å². The van der Waals surface area contributed by atoms with Crippen molar-refractivity contribution < 1.29 is 13.6 Å². The Balaban J connectivity index is 1.46. The van der Waals surface area contributed by atoms with Crippen LogP contribution in [-0.2, 0) is 24.1 Å². The third kappa shape index (κ3) is 3.12. The van der Waals surface area contributed by atoms with Gasteiger partial charge in [0.05, 0.1) is 5.39 Å². The van der Waals surface area contributed by atoms with Gasteiger partial charge in [-0.3, -0.25) is 9.59 Å². The molecule has 2 heterocycles. The molecule has 2 aromatic heterocycles. The third-order valence-electron chi connectivity index (χ3n) is 4.42. The first-order valence-electron chi connectivity index (χ1n) is 8.29. The van der Waals surface area contributed by atoms with Crippen molar-refractivity contribution >= 4 is 33.1 Å². The summed E-state index contributed by atoms with van der Waals surface area (Å²) in [7, 11) is 0. The number of benzene rings is 1. The van der Waals surface area contributed by atoms with E-state index in [-0.39, 0.29) is 30.0 Å². The number of nitrogens with zero attached hydrogens (tertiary/aromatic N) is 1. The van der Waals surface area contributed by atoms with Crippen LogP contribution in [0, 0.1) is 11.6 Å². The highest BCUT2D eigenvalue weighted by Crippen LogP contribution is 2.34. The largest absolute Gasteiger partial charge is 0.326 e. The summed E-state index contributed by atoms with van der Waals surface area (Å²) >= 11 is 1.55. The van der Waals surface area contributed by atoms with E-state index in [9.17, 15) is 18.4 Å². The minimum absolute atomic E-state index is 0.0680. The van der Waals surface area contributed by atoms with Crippen LogP contribution in [0.5, 0.6) is 0 Å². The number of nitrogens with one attached hydrogen (secondary N) is 2. The van der Waals surface area contributed by atoms with Crippen molar-refractivity contribution in [2.45, 2.75) is 32.1 Å². The Morgan fingerprint density at radius 1 is 1.27 bits per heavy atom. The molecule has 1 aromatic carbocycles. The van der Waals surface area contributed by atoms with Crippen LogP contribution >= 0.6 is 11.3 Å². The minimum atomic E-state index is -1.02. The molecule has 0 aliphatic heterocycles. The Hall–Kier alpha value is -2.61. The van der Waals surface area contributed by atoms with E-state index >= 15 is 0 Å². The summed E-state index contributed by atoms with van der Waals surface area (Å²) in [5.41, 5.74) is 1.13. The molecule has 134 valence electrons. The highest BCUT2D eigenvalue weighted by atomic mass is 32.1. The summed E-state index contributed by atoms with van der Waals surface area (Å²) in [6.07, 6.45) is 3.29. The molecule has 0 radical (unpaired) electrons. The van der Waals surface area contributed by atoms with Crippen molar-refractivity contribution in [3.63, 3.8) is 0 Å². The summed E-state index contributed by atoms with van der Waals surface area (Å²) < 4.78 is 26.1. The van der Waals surface area contributed by atoms with E-state index in [1.54, 1.807) is 11.3 Å². The number of carbonyl (C=O) groups is 1. The number of thiophene rings is 1. The summed E-state index contributed by atoms with van der Waals surface area (Å²) in [5.74, 6) is -1.92. The summed E-state index contributed by atoms with van der Waals surface area (Å²) in [4.78, 5) is 33.5. The molecule has 0 fully saturated rings. The SMILES string of the molecule is O=C(CCc1nc2sc3c(c2c(=O)[nH]1)CCC3)Nc1ccc(F)c(F)c1. The Morgan fingerprint density at radius 3 is 2.92 bits per heavy atom. The summed E-state index contributed by atoms with van der Waals surface area (Å²) in [6.45, 7) is 0. The predicted molar refractivity (Wildman–Crippen MR) is 95.6 cm³/mol. The van der Waals surface area contributed by atoms with Gasteiger partial charge < -0.3 is 10.3 Å². The molecule has 5 nitrogen and oxygen atoms in total. The lowest BCUT2D eigenvalue weighted by Crippen LogP contribution is -2.16. The fourth-order valence-electron chi connectivity index (χ4n) is 3.19. The summed E-state index contributed by atoms with van der Waals surface area (Å²) in [6, 6.07) is 3.16. The average molecular weight is 375 g/mol. The molecule has 1 amide bonds. The minimum Gasteiger partial charge on any atom is -0.326 e. The van der Waals surface area contributed by atoms with Gasteiger partial charge in [0.15, 0.2) is 11.6 Å². The zero-order valence-corrected chi connectivity index (χ0v) is 14.5. The molecule has 0 spiro atoms. The molecule has 3 aromatic rings. The van der Waals surface area contributed by atoms with Crippen molar-refractivity contribution in [2.24, 2.45) is 0 Å². The molecule has 0 unspecified atom stereocenters. The normalized spacial score (nSPS) is 13.2. The van der Waals surface area contributed by atoms with E-state index in [4.69, 9.17) is 0 Å². The number of hydrogen-bond donors (Lipinski definition) is 2. The summed E-state index contributed by atoms with van der Waals surface area (Å²) in [5, 5.41) is 3.18. The van der Waals surface area contributed by atoms with Gasteiger partial charge in [0.2, 0.25) is 5.91 Å². The first kappa shape index (κ1) is 16.8. The number of aromatic amines is 1. The first-order chi connectivity index (χ1) is 12.5. The molecular formula is C18H15F2N3O2S. The van der Waals surface area contributed by atoms with Crippen LogP contribution in [0.3, 0.4) is 0 Å². The maximum atomic E-state index is 13.2. The van der Waals surface area contributed by atoms with E-state index in [1.807, 2.05) is 0 Å². The molecule has 1 aliphatic rings. The molecule has 0 saturated heterocycles. The molecule has 0 saturated carbocycles. The van der Waals surface area contributed by atoms with Gasteiger partial charge in [0, 0.05) is 29.5 Å². The molecular weight excluding hydrogens is 360 g/mol. The number of fused-ring (bicyclic) bond motifs is 3. The van der Waals surface area contributed by atoms with Crippen molar-refractivity contribution in [1.29, 1.82) is 0 Å². The lowest BCUT2D eigenvalue weighted by Gasteiger charge is -2.06. The predicted octanol–water partition coefficient (Wildman–Crippen LogP) is 3.32. The maximum Gasteiger partial charge on any atom is 0.259 e. The van der Waals surface area contributed by atoms with Gasteiger partial charge in [-0.15, -0.1) is 11.3 Å². The number of aromatic nitrogens is 2. The number of rotatable bonds is 4. The fraction of sp³-hybridized carbons (Fsp3) is 0.278. The number of hydrogen-bond acceptors (Lipinski definition) is 4. The highest BCUT2D eigenvalue weighted by Gasteiger charge is 2.21. The second-order valence-corrected chi connectivity index (χ2v) is 7.31. The molecule has 1 aliphatic carbocycles. The highest BCUT2D eigenvalue weighted by molar-refractivity contribution is 7.18. The second kappa shape index (κ2) is 6.60. The molecule has 4 rings (SSSR count). The van der Waals surface area contributed by atoms with Crippen LogP contribution < -0.4 is 10.9 Å². The number of anilines is 1. The van der Waals surface area contributed by atoms with Gasteiger partial charge >= 0.3 is 0 Å². The second-order valence-electron chi connectivity index (χ2n) is 6.23. The van der Waals surface area contributed by atoms with Crippen LogP contribution in [0.15, 0.2) is 23.0 Å². The number of amides is 1. The smallest absolute Gasteiger partial charge is 0.259 e. The molecule has 8 heteroatoms. The van der Waals surface area contributed by atoms with Crippen molar-refractivity contribution in [2.75, 3.05) is 5.32 Å². The lowest BCUT2D eigenvalue weighted by molar-refractivity contribution is -0.116. The molecule has 0 bridgehead atoms. The molecule has 0 atom stereocenters. The maximum absolute atomic E-state index is 13.2. The van der Waals surface area contributed by atoms with Gasteiger partial charge in [-0.25, -0.2) is 13.8 Å². The van der Waals surface area contributed by atoms with Gasteiger partial charge in [0.1, 0.15) is 10.7 Å². The Labute approximate surface area is 151 Å². The average Bonchev–Trinajstić information content (AvgIpc) is 3.17. The lowest BCUT2D eigenvalue weighted by atomic mass is 10.2. The zero-order chi connectivity index (χ0) is 18.3. The fourth-order valence-corrected chi connectivity index (χ4v) is 4.48. The van der Waals surface area contributed by atoms with E-state index in [2.05, 4.69) is 15.3 Å². The van der Waals surface area contributed by atoms with Crippen LogP contribution in [0.2, 0.25) is 0 Å².